The van der Waals surface area contributed by atoms with Crippen molar-refractivity contribution in [2.24, 2.45) is 5.73 Å². The molecule has 1 aromatic carbocycles. The summed E-state index contributed by atoms with van der Waals surface area (Å²) in [5.41, 5.74) is 5.88. The first-order valence-electron chi connectivity index (χ1n) is 4.27. The molecule has 90 valence electrons. The zero-order chi connectivity index (χ0) is 11.6. The van der Waals surface area contributed by atoms with E-state index in [4.69, 9.17) is 17.3 Å². The first kappa shape index (κ1) is 15.2. The van der Waals surface area contributed by atoms with Crippen molar-refractivity contribution >= 4 is 30.0 Å². The number of carbonyl (C=O) groups is 1. The number of ether oxygens (including phenoxy) is 1. The van der Waals surface area contributed by atoms with Gasteiger partial charge in [0.25, 0.3) is 0 Å². The fourth-order valence-electron chi connectivity index (χ4n) is 1.21. The van der Waals surface area contributed by atoms with Crippen LogP contribution in [0.15, 0.2) is 12.1 Å². The molecular formula is C10H12Cl2FNO2. The van der Waals surface area contributed by atoms with Crippen LogP contribution in [0.25, 0.3) is 0 Å². The monoisotopic (exact) mass is 267 g/mol. The number of hydrogen-bond donors (Lipinski definition) is 1. The van der Waals surface area contributed by atoms with Crippen molar-refractivity contribution in [2.75, 3.05) is 7.11 Å². The minimum atomic E-state index is -1.19. The second kappa shape index (κ2) is 6.03. The van der Waals surface area contributed by atoms with E-state index in [0.29, 0.717) is 5.56 Å². The number of benzene rings is 1. The number of rotatable bonds is 2. The molecule has 0 amide bonds. The highest BCUT2D eigenvalue weighted by atomic mass is 35.5. The summed E-state index contributed by atoms with van der Waals surface area (Å²) >= 11 is 5.77. The van der Waals surface area contributed by atoms with Crippen LogP contribution in [0.4, 0.5) is 4.39 Å². The predicted molar refractivity (Wildman–Crippen MR) is 62.3 cm³/mol. The van der Waals surface area contributed by atoms with E-state index in [0.717, 1.165) is 0 Å². The molecule has 0 heterocycles. The Kier molecular flexibility index (Phi) is 5.72. The fraction of sp³-hybridized carbons (Fsp3) is 0.300. The predicted octanol–water partition coefficient (Wildman–Crippen LogP) is 2.38. The number of methoxy groups -OCH3 is 1. The average molecular weight is 268 g/mol. The van der Waals surface area contributed by atoms with Gasteiger partial charge < -0.3 is 10.5 Å². The van der Waals surface area contributed by atoms with Crippen LogP contribution >= 0.6 is 24.0 Å². The number of carbonyl (C=O) groups excluding carboxylic acids is 1. The van der Waals surface area contributed by atoms with Gasteiger partial charge in [0.05, 0.1) is 7.11 Å². The molecule has 3 nitrogen and oxygen atoms in total. The standard InChI is InChI=1S/C10H11ClFNO2.ClH/c1-5-3-4-6(11)7(8(5)12)9(13)10(14)15-2;/h3-4,9H,13H2,1-2H3;1H/t9-;/m1./s1. The number of hydrogen-bond acceptors (Lipinski definition) is 3. The molecule has 0 radical (unpaired) electrons. The third kappa shape index (κ3) is 2.84. The molecule has 0 aliphatic rings. The summed E-state index contributed by atoms with van der Waals surface area (Å²) in [7, 11) is 1.18. The average Bonchev–Trinajstić information content (AvgIpc) is 2.22. The van der Waals surface area contributed by atoms with E-state index in [1.807, 2.05) is 0 Å². The third-order valence-corrected chi connectivity index (χ3v) is 2.42. The van der Waals surface area contributed by atoms with E-state index in [9.17, 15) is 9.18 Å². The van der Waals surface area contributed by atoms with Crippen LogP contribution < -0.4 is 5.73 Å². The minimum absolute atomic E-state index is 0. The summed E-state index contributed by atoms with van der Waals surface area (Å²) in [4.78, 5) is 11.2. The van der Waals surface area contributed by atoms with Crippen molar-refractivity contribution in [1.29, 1.82) is 0 Å². The van der Waals surface area contributed by atoms with Crippen molar-refractivity contribution in [2.45, 2.75) is 13.0 Å². The van der Waals surface area contributed by atoms with E-state index in [1.165, 1.54) is 19.2 Å². The topological polar surface area (TPSA) is 52.3 Å². The van der Waals surface area contributed by atoms with E-state index >= 15 is 0 Å². The molecule has 16 heavy (non-hydrogen) atoms. The highest BCUT2D eigenvalue weighted by Crippen LogP contribution is 2.27. The van der Waals surface area contributed by atoms with Crippen LogP contribution in [0.1, 0.15) is 17.2 Å². The molecule has 0 bridgehead atoms. The maximum atomic E-state index is 13.6. The van der Waals surface area contributed by atoms with Gasteiger partial charge in [-0.1, -0.05) is 17.7 Å². The Bertz CT molecular complexity index is 399. The van der Waals surface area contributed by atoms with Gasteiger partial charge in [0.2, 0.25) is 0 Å². The summed E-state index contributed by atoms with van der Waals surface area (Å²) in [6.07, 6.45) is 0. The second-order valence-corrected chi connectivity index (χ2v) is 3.50. The van der Waals surface area contributed by atoms with Gasteiger partial charge in [-0.15, -0.1) is 12.4 Å². The summed E-state index contributed by atoms with van der Waals surface area (Å²) in [5, 5.41) is 0.121. The zero-order valence-corrected chi connectivity index (χ0v) is 10.4. The van der Waals surface area contributed by atoms with Gasteiger partial charge in [-0.3, -0.25) is 4.79 Å². The van der Waals surface area contributed by atoms with Crippen molar-refractivity contribution in [3.8, 4) is 0 Å². The van der Waals surface area contributed by atoms with Gasteiger partial charge in [0, 0.05) is 10.6 Å². The molecule has 1 rings (SSSR count). The van der Waals surface area contributed by atoms with Crippen LogP contribution in [0.2, 0.25) is 5.02 Å². The summed E-state index contributed by atoms with van der Waals surface area (Å²) < 4.78 is 18.1. The lowest BCUT2D eigenvalue weighted by molar-refractivity contribution is -0.142. The number of nitrogens with two attached hydrogens (primary N) is 1. The Morgan fingerprint density at radius 3 is 2.62 bits per heavy atom. The van der Waals surface area contributed by atoms with Gasteiger partial charge in [-0.2, -0.15) is 0 Å². The first-order chi connectivity index (χ1) is 6.99. The maximum Gasteiger partial charge on any atom is 0.327 e. The van der Waals surface area contributed by atoms with Gasteiger partial charge >= 0.3 is 5.97 Å². The molecule has 0 aliphatic heterocycles. The number of esters is 1. The van der Waals surface area contributed by atoms with Gasteiger partial charge in [-0.25, -0.2) is 4.39 Å². The fourth-order valence-corrected chi connectivity index (χ4v) is 1.47. The van der Waals surface area contributed by atoms with Gasteiger partial charge in [-0.05, 0) is 18.6 Å². The normalized spacial score (nSPS) is 11.6. The number of aryl methyl sites for hydroxylation is 1. The van der Waals surface area contributed by atoms with Crippen molar-refractivity contribution < 1.29 is 13.9 Å². The quantitative estimate of drug-likeness (QED) is 0.838. The Hall–Kier alpha value is -0.840. The van der Waals surface area contributed by atoms with Crippen LogP contribution in [-0.2, 0) is 9.53 Å². The zero-order valence-electron chi connectivity index (χ0n) is 8.79. The number of halogens is 3. The van der Waals surface area contributed by atoms with E-state index in [2.05, 4.69) is 4.74 Å². The third-order valence-electron chi connectivity index (χ3n) is 2.09. The van der Waals surface area contributed by atoms with Crippen LogP contribution in [-0.4, -0.2) is 13.1 Å². The van der Waals surface area contributed by atoms with Crippen molar-refractivity contribution in [1.82, 2.24) is 0 Å². The molecule has 0 saturated heterocycles. The second-order valence-electron chi connectivity index (χ2n) is 3.09. The lowest BCUT2D eigenvalue weighted by Gasteiger charge is -2.13. The molecule has 0 aromatic heterocycles. The Balaban J connectivity index is 0.00000225. The molecular weight excluding hydrogens is 256 g/mol. The Morgan fingerprint density at radius 2 is 2.12 bits per heavy atom. The maximum absolute atomic E-state index is 13.6. The van der Waals surface area contributed by atoms with Crippen LogP contribution in [0.3, 0.4) is 0 Å². The lowest BCUT2D eigenvalue weighted by Crippen LogP contribution is -2.24. The van der Waals surface area contributed by atoms with Crippen LogP contribution in [0.5, 0.6) is 0 Å². The van der Waals surface area contributed by atoms with E-state index in [1.54, 1.807) is 6.92 Å². The molecule has 0 fully saturated rings. The van der Waals surface area contributed by atoms with Crippen molar-refractivity contribution in [3.63, 3.8) is 0 Å². The van der Waals surface area contributed by atoms with Gasteiger partial charge in [0.15, 0.2) is 0 Å². The Morgan fingerprint density at radius 1 is 1.56 bits per heavy atom. The Labute approximate surface area is 104 Å². The van der Waals surface area contributed by atoms with Crippen LogP contribution in [0, 0.1) is 12.7 Å². The smallest absolute Gasteiger partial charge is 0.327 e. The lowest BCUT2D eigenvalue weighted by atomic mass is 10.0. The summed E-state index contributed by atoms with van der Waals surface area (Å²) in [5.74, 6) is -1.29. The summed E-state index contributed by atoms with van der Waals surface area (Å²) in [6, 6.07) is 1.82. The molecule has 0 unspecified atom stereocenters. The molecule has 1 atom stereocenters. The molecule has 6 heteroatoms. The molecule has 2 N–H and O–H groups in total. The van der Waals surface area contributed by atoms with Gasteiger partial charge in [0.1, 0.15) is 11.9 Å². The van der Waals surface area contributed by atoms with Crippen molar-refractivity contribution in [3.05, 3.63) is 34.1 Å². The SMILES string of the molecule is COC(=O)[C@H](N)c1c(Cl)ccc(C)c1F.Cl. The summed E-state index contributed by atoms with van der Waals surface area (Å²) in [6.45, 7) is 1.57. The highest BCUT2D eigenvalue weighted by molar-refractivity contribution is 6.31. The largest absolute Gasteiger partial charge is 0.468 e. The minimum Gasteiger partial charge on any atom is -0.468 e. The molecule has 0 spiro atoms. The molecule has 0 aliphatic carbocycles. The molecule has 0 saturated carbocycles. The molecule has 1 aromatic rings. The first-order valence-corrected chi connectivity index (χ1v) is 4.64. The highest BCUT2D eigenvalue weighted by Gasteiger charge is 2.23. The van der Waals surface area contributed by atoms with E-state index < -0.39 is 17.8 Å². The van der Waals surface area contributed by atoms with E-state index in [-0.39, 0.29) is 23.0 Å².